The zero-order valence-electron chi connectivity index (χ0n) is 5.83. The molecule has 0 aliphatic carbocycles. The molecule has 1 rings (SSSR count). The van der Waals surface area contributed by atoms with Gasteiger partial charge < -0.3 is 14.9 Å². The highest BCUT2D eigenvalue weighted by Gasteiger charge is 2.21. The van der Waals surface area contributed by atoms with Gasteiger partial charge >= 0.3 is 5.97 Å². The second kappa shape index (κ2) is 2.21. The maximum absolute atomic E-state index is 10.4. The maximum atomic E-state index is 10.4. The lowest BCUT2D eigenvalue weighted by atomic mass is 10.5. The fourth-order valence-corrected chi connectivity index (χ4v) is 0.788. The van der Waals surface area contributed by atoms with Gasteiger partial charge in [-0.15, -0.1) is 0 Å². The first-order valence-electron chi connectivity index (χ1n) is 2.79. The summed E-state index contributed by atoms with van der Waals surface area (Å²) >= 11 is 0. The molecule has 4 heteroatoms. The number of aliphatic carboxylic acids is 1. The van der Waals surface area contributed by atoms with E-state index in [9.17, 15) is 4.79 Å². The van der Waals surface area contributed by atoms with Gasteiger partial charge in [0.25, 0.3) is 0 Å². The summed E-state index contributed by atoms with van der Waals surface area (Å²) in [6.45, 7) is 2.74. The van der Waals surface area contributed by atoms with E-state index in [1.165, 1.54) is 11.1 Å². The first kappa shape index (κ1) is 6.92. The van der Waals surface area contributed by atoms with Crippen molar-refractivity contribution in [3.63, 3.8) is 0 Å². The Labute approximate surface area is 59.3 Å². The Kier molecular flexibility index (Phi) is 1.53. The van der Waals surface area contributed by atoms with Crippen molar-refractivity contribution in [2.45, 2.75) is 0 Å². The van der Waals surface area contributed by atoms with Crippen molar-refractivity contribution in [2.24, 2.45) is 0 Å². The van der Waals surface area contributed by atoms with Crippen molar-refractivity contribution in [3.05, 3.63) is 18.6 Å². The van der Waals surface area contributed by atoms with Gasteiger partial charge in [-0.1, -0.05) is 0 Å². The van der Waals surface area contributed by atoms with Crippen LogP contribution in [0.25, 0.3) is 0 Å². The summed E-state index contributed by atoms with van der Waals surface area (Å²) in [5.74, 6) is -0.931. The molecule has 0 amide bonds. The lowest BCUT2D eigenvalue weighted by molar-refractivity contribution is -0.133. The fraction of sp³-hybridized carbons (Fsp3) is 0.333. The Hall–Kier alpha value is -1.19. The Morgan fingerprint density at radius 3 is 2.50 bits per heavy atom. The van der Waals surface area contributed by atoms with E-state index < -0.39 is 5.97 Å². The molecule has 2 radical (unpaired) electrons. The minimum absolute atomic E-state index is 0.238. The third-order valence-electron chi connectivity index (χ3n) is 1.20. The van der Waals surface area contributed by atoms with Crippen LogP contribution < -0.4 is 0 Å². The third-order valence-corrected chi connectivity index (χ3v) is 1.20. The molecule has 0 bridgehead atoms. The predicted octanol–water partition coefficient (Wildman–Crippen LogP) is -0.214. The van der Waals surface area contributed by atoms with E-state index in [0.717, 1.165) is 0 Å². The van der Waals surface area contributed by atoms with Crippen LogP contribution in [0.5, 0.6) is 0 Å². The van der Waals surface area contributed by atoms with Crippen LogP contribution in [0.4, 0.5) is 0 Å². The highest BCUT2D eigenvalue weighted by atomic mass is 16.4. The Morgan fingerprint density at radius 1 is 1.70 bits per heavy atom. The molecule has 0 aromatic rings. The maximum Gasteiger partial charge on any atom is 0.353 e. The van der Waals surface area contributed by atoms with E-state index in [2.05, 4.69) is 6.67 Å². The van der Waals surface area contributed by atoms with Gasteiger partial charge in [-0.05, 0) is 0 Å². The summed E-state index contributed by atoms with van der Waals surface area (Å²) in [4.78, 5) is 13.4. The van der Waals surface area contributed by atoms with Gasteiger partial charge in [-0.3, -0.25) is 0 Å². The van der Waals surface area contributed by atoms with E-state index >= 15 is 0 Å². The number of carboxylic acid groups (broad SMARTS) is 1. The second-order valence-corrected chi connectivity index (χ2v) is 2.09. The molecule has 0 unspecified atom stereocenters. The van der Waals surface area contributed by atoms with Crippen LogP contribution in [0.3, 0.4) is 0 Å². The molecule has 0 atom stereocenters. The molecule has 0 aromatic heterocycles. The summed E-state index contributed by atoms with van der Waals surface area (Å²) < 4.78 is 0. The van der Waals surface area contributed by atoms with Crippen molar-refractivity contribution in [1.29, 1.82) is 0 Å². The van der Waals surface area contributed by atoms with Gasteiger partial charge in [0.05, 0.1) is 0 Å². The van der Waals surface area contributed by atoms with Gasteiger partial charge in [0, 0.05) is 20.3 Å². The average Bonchev–Trinajstić information content (AvgIpc) is 2.10. The topological polar surface area (TPSA) is 43.8 Å². The van der Waals surface area contributed by atoms with Gasteiger partial charge in [0.1, 0.15) is 5.70 Å². The zero-order chi connectivity index (χ0) is 7.72. The van der Waals surface area contributed by atoms with Crippen LogP contribution >= 0.6 is 0 Å². The molecule has 0 aromatic carbocycles. The Bertz CT molecular complexity index is 188. The van der Waals surface area contributed by atoms with Crippen molar-refractivity contribution in [3.8, 4) is 0 Å². The van der Waals surface area contributed by atoms with Crippen LogP contribution in [0.15, 0.2) is 11.9 Å². The van der Waals surface area contributed by atoms with Crippen LogP contribution in [0, 0.1) is 6.67 Å². The molecule has 1 aliphatic heterocycles. The molecule has 0 fully saturated rings. The van der Waals surface area contributed by atoms with Crippen molar-refractivity contribution >= 4 is 5.97 Å². The lowest BCUT2D eigenvalue weighted by Gasteiger charge is -2.10. The number of likely N-dealkylation sites (N-methyl/N-ethyl adjacent to an activating group) is 1. The number of nitrogens with zero attached hydrogens (tertiary/aromatic N) is 2. The molecule has 4 nitrogen and oxygen atoms in total. The molecule has 10 heavy (non-hydrogen) atoms. The number of hydrogen-bond acceptors (Lipinski definition) is 3. The quantitative estimate of drug-likeness (QED) is 0.547. The monoisotopic (exact) mass is 140 g/mol. The van der Waals surface area contributed by atoms with E-state index in [0.29, 0.717) is 0 Å². The average molecular weight is 140 g/mol. The molecule has 0 spiro atoms. The molecule has 1 N–H and O–H groups in total. The van der Waals surface area contributed by atoms with E-state index in [4.69, 9.17) is 5.11 Å². The van der Waals surface area contributed by atoms with Crippen molar-refractivity contribution in [2.75, 3.05) is 14.1 Å². The minimum atomic E-state index is -0.931. The summed E-state index contributed by atoms with van der Waals surface area (Å²) in [6.07, 6.45) is 1.50. The van der Waals surface area contributed by atoms with Crippen LogP contribution in [0.2, 0.25) is 0 Å². The fourth-order valence-electron chi connectivity index (χ4n) is 0.788. The minimum Gasteiger partial charge on any atom is -0.477 e. The SMILES string of the molecule is CN1[C]N(C)C(C(=O)O)=C1. The summed E-state index contributed by atoms with van der Waals surface area (Å²) in [5, 5.41) is 8.52. The highest BCUT2D eigenvalue weighted by molar-refractivity contribution is 5.86. The first-order chi connectivity index (χ1) is 4.61. The smallest absolute Gasteiger partial charge is 0.353 e. The van der Waals surface area contributed by atoms with Crippen molar-refractivity contribution in [1.82, 2.24) is 9.80 Å². The summed E-state index contributed by atoms with van der Waals surface area (Å²) in [6, 6.07) is 0. The number of rotatable bonds is 1. The molecule has 1 heterocycles. The molecular formula is C6H8N2O2. The van der Waals surface area contributed by atoms with Gasteiger partial charge in [-0.2, -0.15) is 0 Å². The van der Waals surface area contributed by atoms with Crippen LogP contribution in [-0.2, 0) is 4.79 Å². The molecule has 0 saturated heterocycles. The number of carbonyl (C=O) groups is 1. The van der Waals surface area contributed by atoms with E-state index in [1.807, 2.05) is 0 Å². The van der Waals surface area contributed by atoms with E-state index in [1.54, 1.807) is 19.0 Å². The van der Waals surface area contributed by atoms with Gasteiger partial charge in [0.2, 0.25) is 6.67 Å². The number of hydrogen-bond donors (Lipinski definition) is 1. The first-order valence-corrected chi connectivity index (χ1v) is 2.79. The molecule has 1 aliphatic rings. The molecule has 0 saturated carbocycles. The molecular weight excluding hydrogens is 132 g/mol. The second-order valence-electron chi connectivity index (χ2n) is 2.09. The van der Waals surface area contributed by atoms with Crippen LogP contribution in [-0.4, -0.2) is 35.0 Å². The van der Waals surface area contributed by atoms with Crippen molar-refractivity contribution < 1.29 is 9.90 Å². The van der Waals surface area contributed by atoms with Gasteiger partial charge in [0.15, 0.2) is 0 Å². The lowest BCUT2D eigenvalue weighted by Crippen LogP contribution is -2.18. The molecule has 54 valence electrons. The highest BCUT2D eigenvalue weighted by Crippen LogP contribution is 2.14. The predicted molar refractivity (Wildman–Crippen MR) is 34.5 cm³/mol. The Balaban J connectivity index is 2.75. The van der Waals surface area contributed by atoms with Gasteiger partial charge in [-0.25, -0.2) is 4.79 Å². The third kappa shape index (κ3) is 1.05. The van der Waals surface area contributed by atoms with Crippen LogP contribution in [0.1, 0.15) is 0 Å². The zero-order valence-corrected chi connectivity index (χ0v) is 5.83. The standard InChI is InChI=1S/C6H8N2O2/c1-7-3-5(6(9)10)8(2)4-7/h3H,1-2H3,(H,9,10). The largest absolute Gasteiger partial charge is 0.477 e. The Morgan fingerprint density at radius 2 is 2.30 bits per heavy atom. The normalized spacial score (nSPS) is 17.6. The van der Waals surface area contributed by atoms with E-state index in [-0.39, 0.29) is 5.70 Å². The number of carboxylic acids is 1. The summed E-state index contributed by atoms with van der Waals surface area (Å²) in [5.41, 5.74) is 0.238. The summed E-state index contributed by atoms with van der Waals surface area (Å²) in [7, 11) is 3.37.